The van der Waals surface area contributed by atoms with Crippen molar-refractivity contribution < 1.29 is 21.6 Å². The van der Waals surface area contributed by atoms with Crippen LogP contribution in [0.2, 0.25) is 0 Å². The highest BCUT2D eigenvalue weighted by atomic mass is 32.2. The molecule has 0 saturated carbocycles. The third kappa shape index (κ3) is 4.51. The SMILES string of the molecule is COc1ccccc1CCN[C@@H]1CS(=O)(=O)C[C@H]1S(=O)(=O)c1ccccc1. The molecule has 0 unspecified atom stereocenters. The molecule has 1 aliphatic rings. The van der Waals surface area contributed by atoms with Crippen LogP contribution in [0.5, 0.6) is 5.75 Å². The first kappa shape index (κ1) is 19.9. The van der Waals surface area contributed by atoms with E-state index in [9.17, 15) is 16.8 Å². The zero-order valence-corrected chi connectivity index (χ0v) is 16.7. The Bertz CT molecular complexity index is 988. The summed E-state index contributed by atoms with van der Waals surface area (Å²) in [5, 5.41) is 2.17. The molecule has 8 heteroatoms. The van der Waals surface area contributed by atoms with E-state index in [4.69, 9.17) is 4.74 Å². The van der Waals surface area contributed by atoms with Crippen molar-refractivity contribution in [3.05, 3.63) is 60.2 Å². The minimum Gasteiger partial charge on any atom is -0.496 e. The molecule has 0 spiro atoms. The highest BCUT2D eigenvalue weighted by Crippen LogP contribution is 2.26. The van der Waals surface area contributed by atoms with Gasteiger partial charge in [0.15, 0.2) is 19.7 Å². The van der Waals surface area contributed by atoms with E-state index in [0.29, 0.717) is 13.0 Å². The summed E-state index contributed by atoms with van der Waals surface area (Å²) in [5.74, 6) is 0.235. The molecule has 6 nitrogen and oxygen atoms in total. The first-order chi connectivity index (χ1) is 12.8. The molecule has 0 aromatic heterocycles. The molecule has 0 aliphatic carbocycles. The van der Waals surface area contributed by atoms with E-state index in [1.165, 1.54) is 12.1 Å². The standard InChI is InChI=1S/C19H23NO5S2/c1-25-18-10-6-5-7-15(18)11-12-20-17-13-26(21,22)14-19(17)27(23,24)16-8-3-2-4-9-16/h2-10,17,19-20H,11-14H2,1H3/t17-,19-/m1/s1. The molecule has 2 atom stereocenters. The van der Waals surface area contributed by atoms with Crippen molar-refractivity contribution >= 4 is 19.7 Å². The molecule has 1 saturated heterocycles. The number of ether oxygens (including phenoxy) is 1. The lowest BCUT2D eigenvalue weighted by Gasteiger charge is -2.20. The molecular weight excluding hydrogens is 386 g/mol. The van der Waals surface area contributed by atoms with Crippen molar-refractivity contribution in [2.24, 2.45) is 0 Å². The highest BCUT2D eigenvalue weighted by molar-refractivity contribution is 7.96. The van der Waals surface area contributed by atoms with Gasteiger partial charge in [0.1, 0.15) is 5.75 Å². The van der Waals surface area contributed by atoms with Crippen LogP contribution in [0, 0.1) is 0 Å². The average molecular weight is 410 g/mol. The van der Waals surface area contributed by atoms with Crippen LogP contribution in [-0.2, 0) is 26.1 Å². The van der Waals surface area contributed by atoms with Crippen LogP contribution in [0.4, 0.5) is 0 Å². The lowest BCUT2D eigenvalue weighted by Crippen LogP contribution is -2.44. The lowest BCUT2D eigenvalue weighted by molar-refractivity contribution is 0.408. The monoisotopic (exact) mass is 409 g/mol. The Morgan fingerprint density at radius 3 is 2.41 bits per heavy atom. The predicted octanol–water partition coefficient (Wildman–Crippen LogP) is 1.47. The summed E-state index contributed by atoms with van der Waals surface area (Å²) in [6.07, 6.45) is 0.610. The van der Waals surface area contributed by atoms with Crippen LogP contribution in [0.15, 0.2) is 59.5 Å². The van der Waals surface area contributed by atoms with E-state index in [1.54, 1.807) is 25.3 Å². The summed E-state index contributed by atoms with van der Waals surface area (Å²) in [6, 6.07) is 15.0. The zero-order chi connectivity index (χ0) is 19.5. The van der Waals surface area contributed by atoms with Crippen LogP contribution in [0.3, 0.4) is 0 Å². The molecule has 1 aliphatic heterocycles. The van der Waals surface area contributed by atoms with E-state index in [1.807, 2.05) is 24.3 Å². The summed E-state index contributed by atoms with van der Waals surface area (Å²) >= 11 is 0. The van der Waals surface area contributed by atoms with Gasteiger partial charge in [0.2, 0.25) is 0 Å². The maximum atomic E-state index is 12.9. The second-order valence-electron chi connectivity index (χ2n) is 6.60. The number of rotatable bonds is 7. The molecule has 0 bridgehead atoms. The molecule has 0 amide bonds. The molecule has 2 aromatic carbocycles. The van der Waals surface area contributed by atoms with Gasteiger partial charge in [0.05, 0.1) is 28.8 Å². The molecule has 2 aromatic rings. The Morgan fingerprint density at radius 2 is 1.70 bits per heavy atom. The fraction of sp³-hybridized carbons (Fsp3) is 0.368. The fourth-order valence-corrected chi connectivity index (χ4v) is 8.14. The number of hydrogen-bond donors (Lipinski definition) is 1. The largest absolute Gasteiger partial charge is 0.496 e. The van der Waals surface area contributed by atoms with Gasteiger partial charge in [0, 0.05) is 6.04 Å². The van der Waals surface area contributed by atoms with Crippen molar-refractivity contribution in [3.63, 3.8) is 0 Å². The third-order valence-electron chi connectivity index (χ3n) is 4.76. The summed E-state index contributed by atoms with van der Waals surface area (Å²) in [7, 11) is -5.55. The first-order valence-electron chi connectivity index (χ1n) is 8.68. The van der Waals surface area contributed by atoms with Crippen LogP contribution >= 0.6 is 0 Å². The molecule has 1 N–H and O–H groups in total. The van der Waals surface area contributed by atoms with Gasteiger partial charge in [-0.3, -0.25) is 0 Å². The summed E-state index contributed by atoms with van der Waals surface area (Å²) in [6.45, 7) is 0.460. The van der Waals surface area contributed by atoms with Gasteiger partial charge in [-0.25, -0.2) is 16.8 Å². The second kappa shape index (κ2) is 8.00. The number of sulfone groups is 2. The Kier molecular flexibility index (Phi) is 5.88. The Labute approximate surface area is 160 Å². The molecule has 27 heavy (non-hydrogen) atoms. The first-order valence-corrected chi connectivity index (χ1v) is 12.0. The van der Waals surface area contributed by atoms with Crippen molar-refractivity contribution in [2.45, 2.75) is 22.6 Å². The molecule has 3 rings (SSSR count). The topological polar surface area (TPSA) is 89.5 Å². The highest BCUT2D eigenvalue weighted by Gasteiger charge is 2.45. The quantitative estimate of drug-likeness (QED) is 0.745. The molecule has 1 heterocycles. The fourth-order valence-electron chi connectivity index (χ4n) is 3.40. The Hall–Kier alpha value is -1.90. The Morgan fingerprint density at radius 1 is 1.04 bits per heavy atom. The van der Waals surface area contributed by atoms with Crippen molar-refractivity contribution in [3.8, 4) is 5.75 Å². The van der Waals surface area contributed by atoms with Crippen molar-refractivity contribution in [1.82, 2.24) is 5.32 Å². The van der Waals surface area contributed by atoms with Crippen LogP contribution in [0.1, 0.15) is 5.56 Å². The number of methoxy groups -OCH3 is 1. The normalized spacial score (nSPS) is 21.8. The summed E-state index contributed by atoms with van der Waals surface area (Å²) in [5.41, 5.74) is 0.982. The average Bonchev–Trinajstić information content (AvgIpc) is 2.98. The number of nitrogens with one attached hydrogen (secondary N) is 1. The molecule has 1 fully saturated rings. The van der Waals surface area contributed by atoms with Crippen LogP contribution < -0.4 is 10.1 Å². The van der Waals surface area contributed by atoms with Crippen LogP contribution in [-0.4, -0.2) is 53.3 Å². The zero-order valence-electron chi connectivity index (χ0n) is 15.0. The van der Waals surface area contributed by atoms with Gasteiger partial charge in [-0.2, -0.15) is 0 Å². The number of para-hydroxylation sites is 1. The van der Waals surface area contributed by atoms with E-state index < -0.39 is 31.0 Å². The predicted molar refractivity (Wildman–Crippen MR) is 105 cm³/mol. The molecule has 146 valence electrons. The second-order valence-corrected chi connectivity index (χ2v) is 10.9. The van der Waals surface area contributed by atoms with Gasteiger partial charge in [-0.05, 0) is 36.7 Å². The smallest absolute Gasteiger partial charge is 0.183 e. The third-order valence-corrected chi connectivity index (χ3v) is 8.93. The molecular formula is C19H23NO5S2. The van der Waals surface area contributed by atoms with Gasteiger partial charge in [0.25, 0.3) is 0 Å². The van der Waals surface area contributed by atoms with E-state index in [0.717, 1.165) is 11.3 Å². The van der Waals surface area contributed by atoms with Gasteiger partial charge in [-0.1, -0.05) is 36.4 Å². The summed E-state index contributed by atoms with van der Waals surface area (Å²) in [4.78, 5) is 0.156. The lowest BCUT2D eigenvalue weighted by atomic mass is 10.1. The van der Waals surface area contributed by atoms with Gasteiger partial charge in [-0.15, -0.1) is 0 Å². The number of hydrogen-bond acceptors (Lipinski definition) is 6. The van der Waals surface area contributed by atoms with Gasteiger partial charge >= 0.3 is 0 Å². The molecule has 0 radical (unpaired) electrons. The van der Waals surface area contributed by atoms with Crippen molar-refractivity contribution in [1.29, 1.82) is 0 Å². The van der Waals surface area contributed by atoms with Crippen molar-refractivity contribution in [2.75, 3.05) is 25.2 Å². The summed E-state index contributed by atoms with van der Waals surface area (Å²) < 4.78 is 55.5. The maximum absolute atomic E-state index is 12.9. The Balaban J connectivity index is 1.75. The van der Waals surface area contributed by atoms with E-state index in [-0.39, 0.29) is 16.4 Å². The number of benzene rings is 2. The van der Waals surface area contributed by atoms with E-state index >= 15 is 0 Å². The van der Waals surface area contributed by atoms with Crippen LogP contribution in [0.25, 0.3) is 0 Å². The minimum absolute atomic E-state index is 0.156. The van der Waals surface area contributed by atoms with E-state index in [2.05, 4.69) is 5.32 Å². The van der Waals surface area contributed by atoms with Gasteiger partial charge < -0.3 is 10.1 Å². The maximum Gasteiger partial charge on any atom is 0.183 e. The minimum atomic E-state index is -3.73.